The summed E-state index contributed by atoms with van der Waals surface area (Å²) in [5.41, 5.74) is -0.196. The van der Waals surface area contributed by atoms with E-state index in [1.807, 2.05) is 0 Å². The van der Waals surface area contributed by atoms with Crippen molar-refractivity contribution in [2.24, 2.45) is 0 Å². The zero-order valence-electron chi connectivity index (χ0n) is 16.3. The number of sulfone groups is 1. The van der Waals surface area contributed by atoms with Crippen LogP contribution in [0.4, 0.5) is 23.2 Å². The molecule has 32 heavy (non-hydrogen) atoms. The second kappa shape index (κ2) is 8.91. The Labute approximate surface area is 179 Å². The summed E-state index contributed by atoms with van der Waals surface area (Å²) in [6, 6.07) is 5.75. The highest BCUT2D eigenvalue weighted by Crippen LogP contribution is 2.29. The predicted molar refractivity (Wildman–Crippen MR) is 103 cm³/mol. The molecule has 0 saturated heterocycles. The molecule has 2 N–H and O–H groups in total. The van der Waals surface area contributed by atoms with Crippen molar-refractivity contribution in [2.45, 2.75) is 18.4 Å². The number of nitrogens with one attached hydrogen (secondary N) is 1. The Balaban J connectivity index is 1.74. The Bertz CT molecular complexity index is 1260. The van der Waals surface area contributed by atoms with E-state index in [4.69, 9.17) is 9.15 Å². The summed E-state index contributed by atoms with van der Waals surface area (Å²) in [6.45, 7) is 0.766. The topological polar surface area (TPSA) is 106 Å². The van der Waals surface area contributed by atoms with Crippen LogP contribution in [-0.4, -0.2) is 25.2 Å². The van der Waals surface area contributed by atoms with Gasteiger partial charge in [-0.2, -0.15) is 8.78 Å². The number of carbonyl (C=O) groups excluding carboxylic acids is 1. The van der Waals surface area contributed by atoms with E-state index in [1.54, 1.807) is 0 Å². The van der Waals surface area contributed by atoms with Gasteiger partial charge in [0.1, 0.15) is 18.1 Å². The Morgan fingerprint density at radius 1 is 1.06 bits per heavy atom. The summed E-state index contributed by atoms with van der Waals surface area (Å²) in [7, 11) is -3.60. The third kappa shape index (κ3) is 4.69. The fraction of sp³-hybridized carbons (Fsp3) is 0.150. The number of anilines is 1. The summed E-state index contributed by atoms with van der Waals surface area (Å²) in [4.78, 5) is 12.2. The van der Waals surface area contributed by atoms with Gasteiger partial charge in [0.05, 0.1) is 16.3 Å². The molecule has 2 aromatic carbocycles. The van der Waals surface area contributed by atoms with Crippen LogP contribution in [0.5, 0.6) is 11.5 Å². The highest BCUT2D eigenvalue weighted by atomic mass is 32.2. The van der Waals surface area contributed by atoms with E-state index in [-0.39, 0.29) is 33.9 Å². The fourth-order valence-electron chi connectivity index (χ4n) is 2.56. The lowest BCUT2D eigenvalue weighted by molar-refractivity contribution is 0.0991. The molecule has 1 aromatic heterocycles. The van der Waals surface area contributed by atoms with Crippen LogP contribution in [0.15, 0.2) is 45.7 Å². The first-order valence-electron chi connectivity index (χ1n) is 8.95. The molecule has 0 aliphatic rings. The standard InChI is InChI=1S/C20H15F4NO6S/c1-2-32(28,29)11-4-5-15(26)14(7-11)25-20(27)16-6-3-10(31-16)9-30-19-17(23)12(21)8-13(22)18(19)24/h3-8,26H,2,9H2,1H3,(H,25,27). The maximum Gasteiger partial charge on any atom is 0.291 e. The van der Waals surface area contributed by atoms with Gasteiger partial charge in [-0.1, -0.05) is 6.92 Å². The number of phenols is 1. The van der Waals surface area contributed by atoms with Gasteiger partial charge in [-0.15, -0.1) is 0 Å². The van der Waals surface area contributed by atoms with Gasteiger partial charge in [0.15, 0.2) is 33.0 Å². The minimum absolute atomic E-state index is 0.0308. The lowest BCUT2D eigenvalue weighted by atomic mass is 10.3. The number of amides is 1. The van der Waals surface area contributed by atoms with Gasteiger partial charge >= 0.3 is 0 Å². The SMILES string of the molecule is CCS(=O)(=O)c1ccc(O)c(NC(=O)c2ccc(COc3c(F)c(F)cc(F)c3F)o2)c1. The van der Waals surface area contributed by atoms with Crippen LogP contribution in [0.25, 0.3) is 0 Å². The monoisotopic (exact) mass is 473 g/mol. The summed E-state index contributed by atoms with van der Waals surface area (Å²) in [6.07, 6.45) is 0. The zero-order chi connectivity index (χ0) is 23.6. The highest BCUT2D eigenvalue weighted by Gasteiger charge is 2.22. The second-order valence-corrected chi connectivity index (χ2v) is 8.67. The number of halogens is 4. The van der Waals surface area contributed by atoms with E-state index in [1.165, 1.54) is 19.1 Å². The summed E-state index contributed by atoms with van der Waals surface area (Å²) >= 11 is 0. The fourth-order valence-corrected chi connectivity index (χ4v) is 3.46. The first-order chi connectivity index (χ1) is 15.0. The Morgan fingerprint density at radius 3 is 2.34 bits per heavy atom. The van der Waals surface area contributed by atoms with Crippen LogP contribution in [0.2, 0.25) is 0 Å². The van der Waals surface area contributed by atoms with Crippen molar-refractivity contribution in [3.63, 3.8) is 0 Å². The van der Waals surface area contributed by atoms with E-state index in [2.05, 4.69) is 5.32 Å². The largest absolute Gasteiger partial charge is 0.506 e. The molecule has 0 aliphatic heterocycles. The molecule has 0 unspecified atom stereocenters. The van der Waals surface area contributed by atoms with Gasteiger partial charge in [-0.05, 0) is 30.3 Å². The van der Waals surface area contributed by atoms with Crippen molar-refractivity contribution in [1.82, 2.24) is 0 Å². The number of rotatable bonds is 7. The van der Waals surface area contributed by atoms with Gasteiger partial charge in [-0.25, -0.2) is 17.2 Å². The average molecular weight is 473 g/mol. The number of phenolic OH excluding ortho intramolecular Hbond substituents is 1. The van der Waals surface area contributed by atoms with Crippen LogP contribution in [-0.2, 0) is 16.4 Å². The average Bonchev–Trinajstić information content (AvgIpc) is 3.23. The first-order valence-corrected chi connectivity index (χ1v) is 10.6. The van der Waals surface area contributed by atoms with Crippen LogP contribution in [0.1, 0.15) is 23.2 Å². The molecule has 0 spiro atoms. The highest BCUT2D eigenvalue weighted by molar-refractivity contribution is 7.91. The molecule has 0 atom stereocenters. The predicted octanol–water partition coefficient (Wildman–Crippen LogP) is 4.17. The van der Waals surface area contributed by atoms with Crippen molar-refractivity contribution in [1.29, 1.82) is 0 Å². The van der Waals surface area contributed by atoms with Crippen LogP contribution < -0.4 is 10.1 Å². The molecule has 0 fully saturated rings. The molecule has 7 nitrogen and oxygen atoms in total. The molecule has 0 aliphatic carbocycles. The first kappa shape index (κ1) is 23.1. The minimum atomic E-state index is -3.60. The Morgan fingerprint density at radius 2 is 1.72 bits per heavy atom. The third-order valence-corrected chi connectivity index (χ3v) is 6.00. The quantitative estimate of drug-likeness (QED) is 0.303. The van der Waals surface area contributed by atoms with E-state index < -0.39 is 57.1 Å². The number of aromatic hydroxyl groups is 1. The van der Waals surface area contributed by atoms with Crippen LogP contribution in [0.3, 0.4) is 0 Å². The van der Waals surface area contributed by atoms with E-state index in [0.29, 0.717) is 0 Å². The van der Waals surface area contributed by atoms with Gasteiger partial charge in [0.25, 0.3) is 5.91 Å². The van der Waals surface area contributed by atoms with Crippen molar-refractivity contribution in [2.75, 3.05) is 11.1 Å². The number of hydrogen-bond acceptors (Lipinski definition) is 6. The maximum atomic E-state index is 13.6. The van der Waals surface area contributed by atoms with Crippen molar-refractivity contribution >= 4 is 21.4 Å². The van der Waals surface area contributed by atoms with Crippen molar-refractivity contribution in [3.8, 4) is 11.5 Å². The second-order valence-electron chi connectivity index (χ2n) is 6.39. The van der Waals surface area contributed by atoms with Gasteiger partial charge in [0, 0.05) is 6.07 Å². The Kier molecular flexibility index (Phi) is 6.44. The molecule has 3 rings (SSSR count). The lowest BCUT2D eigenvalue weighted by Crippen LogP contribution is -2.12. The number of benzene rings is 2. The molecule has 1 heterocycles. The minimum Gasteiger partial charge on any atom is -0.506 e. The zero-order valence-corrected chi connectivity index (χ0v) is 17.1. The Hall–Kier alpha value is -3.54. The molecular formula is C20H15F4NO6S. The molecule has 0 saturated carbocycles. The number of ether oxygens (including phenoxy) is 1. The lowest BCUT2D eigenvalue weighted by Gasteiger charge is -2.09. The molecule has 170 valence electrons. The number of carbonyl (C=O) groups is 1. The summed E-state index contributed by atoms with van der Waals surface area (Å²) in [5.74, 6) is -9.96. The molecule has 0 bridgehead atoms. The van der Waals surface area contributed by atoms with Crippen molar-refractivity contribution < 1.29 is 45.0 Å². The summed E-state index contributed by atoms with van der Waals surface area (Å²) < 4.78 is 87.6. The molecule has 0 radical (unpaired) electrons. The number of hydrogen-bond donors (Lipinski definition) is 2. The number of furan rings is 1. The summed E-state index contributed by atoms with van der Waals surface area (Å²) in [5, 5.41) is 12.2. The molecule has 12 heteroatoms. The van der Waals surface area contributed by atoms with Crippen LogP contribution >= 0.6 is 0 Å². The maximum absolute atomic E-state index is 13.6. The molecular weight excluding hydrogens is 458 g/mol. The normalized spacial score (nSPS) is 11.4. The smallest absolute Gasteiger partial charge is 0.291 e. The van der Waals surface area contributed by atoms with E-state index in [0.717, 1.165) is 18.2 Å². The molecule has 1 amide bonds. The van der Waals surface area contributed by atoms with E-state index >= 15 is 0 Å². The molecule has 3 aromatic rings. The van der Waals surface area contributed by atoms with Crippen molar-refractivity contribution in [3.05, 3.63) is 71.2 Å². The van der Waals surface area contributed by atoms with E-state index in [9.17, 15) is 35.9 Å². The van der Waals surface area contributed by atoms with Gasteiger partial charge in [-0.3, -0.25) is 4.79 Å². The third-order valence-electron chi connectivity index (χ3n) is 4.27. The van der Waals surface area contributed by atoms with Gasteiger partial charge in [0.2, 0.25) is 11.6 Å². The van der Waals surface area contributed by atoms with Gasteiger partial charge < -0.3 is 19.6 Å². The van der Waals surface area contributed by atoms with Crippen LogP contribution in [0, 0.1) is 23.3 Å².